The molecule has 1 atom stereocenters. The number of aryl methyl sites for hydroxylation is 1. The largest absolute Gasteiger partial charge is 0.416 e. The minimum Gasteiger partial charge on any atom is -0.356 e. The summed E-state index contributed by atoms with van der Waals surface area (Å²) >= 11 is 0. The quantitative estimate of drug-likeness (QED) is 0.737. The first kappa shape index (κ1) is 19.5. The van der Waals surface area contributed by atoms with Gasteiger partial charge in [0.2, 0.25) is 5.91 Å². The normalized spacial score (nSPS) is 27.1. The summed E-state index contributed by atoms with van der Waals surface area (Å²) in [5, 5.41) is 0. The van der Waals surface area contributed by atoms with Crippen molar-refractivity contribution in [1.29, 1.82) is 0 Å². The van der Waals surface area contributed by atoms with Gasteiger partial charge in [-0.25, -0.2) is 4.98 Å². The zero-order valence-corrected chi connectivity index (χ0v) is 16.4. The van der Waals surface area contributed by atoms with Crippen molar-refractivity contribution in [3.63, 3.8) is 0 Å². The Bertz CT molecular complexity index is 745. The molecule has 1 spiro atoms. The van der Waals surface area contributed by atoms with Gasteiger partial charge in [-0.3, -0.25) is 4.79 Å². The van der Waals surface area contributed by atoms with E-state index in [2.05, 4.69) is 9.88 Å². The van der Waals surface area contributed by atoms with Gasteiger partial charge < -0.3 is 9.80 Å². The van der Waals surface area contributed by atoms with Crippen LogP contribution in [0.5, 0.6) is 0 Å². The monoisotopic (exact) mass is 395 g/mol. The number of halogens is 3. The van der Waals surface area contributed by atoms with E-state index < -0.39 is 17.2 Å². The summed E-state index contributed by atoms with van der Waals surface area (Å²) in [5.74, 6) is 0.558. The second kappa shape index (κ2) is 7.23. The van der Waals surface area contributed by atoms with Crippen molar-refractivity contribution in [3.05, 3.63) is 23.4 Å². The Kier molecular flexibility index (Phi) is 5.04. The highest BCUT2D eigenvalue weighted by Gasteiger charge is 2.50. The Morgan fingerprint density at radius 1 is 1.07 bits per heavy atom. The lowest BCUT2D eigenvalue weighted by Crippen LogP contribution is -2.50. The maximum Gasteiger partial charge on any atom is 0.416 e. The van der Waals surface area contributed by atoms with E-state index in [-0.39, 0.29) is 5.91 Å². The van der Waals surface area contributed by atoms with Crippen LogP contribution in [0.4, 0.5) is 19.0 Å². The molecule has 1 aliphatic carbocycles. The van der Waals surface area contributed by atoms with Gasteiger partial charge in [-0.2, -0.15) is 13.2 Å². The summed E-state index contributed by atoms with van der Waals surface area (Å²) in [6, 6.07) is 2.56. The fourth-order valence-electron chi connectivity index (χ4n) is 5.27. The van der Waals surface area contributed by atoms with Crippen molar-refractivity contribution in [2.24, 2.45) is 5.41 Å². The van der Waals surface area contributed by atoms with E-state index in [0.29, 0.717) is 30.6 Å². The van der Waals surface area contributed by atoms with Gasteiger partial charge >= 0.3 is 6.18 Å². The summed E-state index contributed by atoms with van der Waals surface area (Å²) in [6.07, 6.45) is 3.82. The number of piperidine rings is 1. The van der Waals surface area contributed by atoms with Crippen LogP contribution in [-0.4, -0.2) is 41.5 Å². The third-order valence-electron chi connectivity index (χ3n) is 6.73. The van der Waals surface area contributed by atoms with Gasteiger partial charge in [0, 0.05) is 31.4 Å². The summed E-state index contributed by atoms with van der Waals surface area (Å²) in [5.41, 5.74) is -0.776. The molecule has 2 aliphatic heterocycles. The summed E-state index contributed by atoms with van der Waals surface area (Å²) in [7, 11) is 0. The molecule has 3 aliphatic rings. The second-order valence-electron chi connectivity index (χ2n) is 8.70. The summed E-state index contributed by atoms with van der Waals surface area (Å²) in [6.45, 7) is 3.49. The highest BCUT2D eigenvalue weighted by molar-refractivity contribution is 5.86. The number of alkyl halides is 3. The Morgan fingerprint density at radius 3 is 2.54 bits per heavy atom. The fourth-order valence-corrected chi connectivity index (χ4v) is 5.27. The average Bonchev–Trinajstić information content (AvgIpc) is 2.97. The molecule has 3 heterocycles. The predicted octanol–water partition coefficient (Wildman–Crippen LogP) is 4.56. The molecule has 0 bridgehead atoms. The number of hydrogen-bond donors (Lipinski definition) is 0. The topological polar surface area (TPSA) is 36.4 Å². The van der Waals surface area contributed by atoms with E-state index in [1.807, 2.05) is 4.90 Å². The van der Waals surface area contributed by atoms with Crippen LogP contribution in [0.2, 0.25) is 0 Å². The van der Waals surface area contributed by atoms with E-state index in [1.54, 1.807) is 6.92 Å². The fraction of sp³-hybridized carbons (Fsp3) is 0.714. The number of carbonyl (C=O) groups is 1. The first-order chi connectivity index (χ1) is 13.3. The van der Waals surface area contributed by atoms with E-state index in [9.17, 15) is 18.0 Å². The Balaban J connectivity index is 1.55. The molecule has 4 rings (SSSR count). The molecular weight excluding hydrogens is 367 g/mol. The van der Waals surface area contributed by atoms with Crippen LogP contribution < -0.4 is 4.90 Å². The number of nitrogens with zero attached hydrogens (tertiary/aromatic N) is 3. The maximum absolute atomic E-state index is 13.4. The number of hydrogen-bond acceptors (Lipinski definition) is 3. The maximum atomic E-state index is 13.4. The highest BCUT2D eigenvalue weighted by atomic mass is 19.4. The Hall–Kier alpha value is -1.79. The van der Waals surface area contributed by atoms with Gasteiger partial charge in [-0.1, -0.05) is 19.3 Å². The smallest absolute Gasteiger partial charge is 0.356 e. The van der Waals surface area contributed by atoms with Crippen molar-refractivity contribution in [2.45, 2.75) is 70.5 Å². The van der Waals surface area contributed by atoms with Crippen LogP contribution in [-0.2, 0) is 11.0 Å². The van der Waals surface area contributed by atoms with Crippen molar-refractivity contribution >= 4 is 11.7 Å². The van der Waals surface area contributed by atoms with Gasteiger partial charge in [-0.05, 0) is 51.2 Å². The first-order valence-electron chi connectivity index (χ1n) is 10.4. The molecule has 2 saturated heterocycles. The van der Waals surface area contributed by atoms with Gasteiger partial charge in [-0.15, -0.1) is 0 Å². The van der Waals surface area contributed by atoms with Crippen molar-refractivity contribution in [1.82, 2.24) is 9.88 Å². The number of amides is 1. The van der Waals surface area contributed by atoms with Crippen molar-refractivity contribution < 1.29 is 18.0 Å². The van der Waals surface area contributed by atoms with E-state index in [1.165, 1.54) is 19.3 Å². The Labute approximate surface area is 164 Å². The molecule has 1 saturated carbocycles. The third kappa shape index (κ3) is 3.60. The molecule has 0 N–H and O–H groups in total. The average molecular weight is 395 g/mol. The van der Waals surface area contributed by atoms with E-state index in [4.69, 9.17) is 0 Å². The molecule has 7 heteroatoms. The molecule has 1 aromatic heterocycles. The number of carbonyl (C=O) groups excluding carboxylic acids is 1. The minimum absolute atomic E-state index is 0.216. The number of likely N-dealkylation sites (tertiary alicyclic amines) is 1. The van der Waals surface area contributed by atoms with E-state index in [0.717, 1.165) is 50.8 Å². The third-order valence-corrected chi connectivity index (χ3v) is 6.73. The van der Waals surface area contributed by atoms with Gasteiger partial charge in [0.25, 0.3) is 0 Å². The number of anilines is 1. The summed E-state index contributed by atoms with van der Waals surface area (Å²) < 4.78 is 39.7. The second-order valence-corrected chi connectivity index (χ2v) is 8.70. The lowest BCUT2D eigenvalue weighted by Gasteiger charge is -2.41. The predicted molar refractivity (Wildman–Crippen MR) is 101 cm³/mol. The van der Waals surface area contributed by atoms with Crippen LogP contribution >= 0.6 is 0 Å². The zero-order chi connectivity index (χ0) is 19.9. The van der Waals surface area contributed by atoms with Crippen LogP contribution in [0.15, 0.2) is 12.1 Å². The molecule has 0 aromatic carbocycles. The molecule has 3 fully saturated rings. The van der Waals surface area contributed by atoms with E-state index >= 15 is 0 Å². The number of rotatable bonds is 2. The van der Waals surface area contributed by atoms with Crippen LogP contribution in [0.3, 0.4) is 0 Å². The molecule has 1 amide bonds. The molecule has 28 heavy (non-hydrogen) atoms. The summed E-state index contributed by atoms with van der Waals surface area (Å²) in [4.78, 5) is 21.7. The van der Waals surface area contributed by atoms with Crippen LogP contribution in [0, 0.1) is 12.3 Å². The van der Waals surface area contributed by atoms with Gasteiger partial charge in [0.1, 0.15) is 5.82 Å². The van der Waals surface area contributed by atoms with Gasteiger partial charge in [0.15, 0.2) is 0 Å². The molecule has 1 unspecified atom stereocenters. The first-order valence-corrected chi connectivity index (χ1v) is 10.4. The molecule has 4 nitrogen and oxygen atoms in total. The van der Waals surface area contributed by atoms with Crippen molar-refractivity contribution in [2.75, 3.05) is 24.5 Å². The molecule has 1 aromatic rings. The highest BCUT2D eigenvalue weighted by Crippen LogP contribution is 2.43. The molecule has 0 radical (unpaired) electrons. The molecule has 154 valence electrons. The zero-order valence-electron chi connectivity index (χ0n) is 16.4. The van der Waals surface area contributed by atoms with Crippen LogP contribution in [0.1, 0.15) is 62.6 Å². The Morgan fingerprint density at radius 2 is 1.82 bits per heavy atom. The lowest BCUT2D eigenvalue weighted by atomic mass is 9.78. The SMILES string of the molecule is Cc1cc(C(F)(F)F)cc(N2CCCC3(CCN(C4CCCCC4)C3=O)C2)n1. The molecular formula is C21H28F3N3O. The number of pyridine rings is 1. The van der Waals surface area contributed by atoms with Crippen LogP contribution in [0.25, 0.3) is 0 Å². The number of aromatic nitrogens is 1. The van der Waals surface area contributed by atoms with Gasteiger partial charge in [0.05, 0.1) is 11.0 Å². The minimum atomic E-state index is -4.39. The standard InChI is InChI=1S/C21H28F3N3O/c1-15-12-16(21(22,23)24)13-18(25-15)26-10-5-8-20(14-26)9-11-27(19(20)28)17-6-3-2-4-7-17/h12-13,17H,2-11,14H2,1H3. The van der Waals surface area contributed by atoms with Crippen molar-refractivity contribution in [3.8, 4) is 0 Å². The lowest BCUT2D eigenvalue weighted by molar-refractivity contribution is -0.139.